The van der Waals surface area contributed by atoms with Gasteiger partial charge in [0.1, 0.15) is 6.10 Å². The van der Waals surface area contributed by atoms with Gasteiger partial charge in [0, 0.05) is 14.5 Å². The van der Waals surface area contributed by atoms with E-state index < -0.39 is 6.10 Å². The highest BCUT2D eigenvalue weighted by Crippen LogP contribution is 2.25. The molecule has 0 aliphatic rings. The van der Waals surface area contributed by atoms with Crippen molar-refractivity contribution in [2.24, 2.45) is 0 Å². The molecule has 0 amide bonds. The molecular formula is C17H14Br2O2. The monoisotopic (exact) mass is 408 g/mol. The van der Waals surface area contributed by atoms with Crippen molar-refractivity contribution in [3.63, 3.8) is 0 Å². The van der Waals surface area contributed by atoms with Crippen molar-refractivity contribution in [1.82, 2.24) is 0 Å². The Morgan fingerprint density at radius 3 is 2.10 bits per heavy atom. The lowest BCUT2D eigenvalue weighted by atomic mass is 10.00. The molecule has 4 heteroatoms. The lowest BCUT2D eigenvalue weighted by Crippen LogP contribution is -2.16. The third kappa shape index (κ3) is 4.37. The summed E-state index contributed by atoms with van der Waals surface area (Å²) in [5.74, 6) is -0.0633. The molecule has 1 atom stereocenters. The van der Waals surface area contributed by atoms with E-state index in [1.807, 2.05) is 36.4 Å². The molecule has 2 nitrogen and oxygen atoms in total. The quantitative estimate of drug-likeness (QED) is 0.475. The molecule has 0 aliphatic carbocycles. The molecule has 0 radical (unpaired) electrons. The number of rotatable bonds is 6. The van der Waals surface area contributed by atoms with E-state index in [0.29, 0.717) is 12.2 Å². The van der Waals surface area contributed by atoms with Gasteiger partial charge in [-0.3, -0.25) is 4.79 Å². The summed E-state index contributed by atoms with van der Waals surface area (Å²) in [6, 6.07) is 14.8. The zero-order valence-corrected chi connectivity index (χ0v) is 14.4. The Bertz CT molecular complexity index is 618. The van der Waals surface area contributed by atoms with Crippen LogP contribution in [0.1, 0.15) is 22.0 Å². The molecular weight excluding hydrogens is 396 g/mol. The number of carbonyl (C=O) groups excluding carboxylic acids is 1. The van der Waals surface area contributed by atoms with Crippen LogP contribution in [0.15, 0.2) is 70.1 Å². The van der Waals surface area contributed by atoms with E-state index in [0.717, 1.165) is 14.5 Å². The predicted molar refractivity (Wildman–Crippen MR) is 91.5 cm³/mol. The molecule has 0 heterocycles. The number of Topliss-reactive ketones (excluding diaryl/α,β-unsaturated/α-hetero) is 1. The average Bonchev–Trinajstić information content (AvgIpc) is 2.50. The number of benzene rings is 2. The third-order valence-corrected chi connectivity index (χ3v) is 3.98. The molecule has 0 N–H and O–H groups in total. The van der Waals surface area contributed by atoms with Crippen molar-refractivity contribution in [2.45, 2.75) is 6.10 Å². The van der Waals surface area contributed by atoms with Crippen molar-refractivity contribution in [3.8, 4) is 0 Å². The Kier molecular flexibility index (Phi) is 5.91. The molecule has 0 spiro atoms. The first kappa shape index (κ1) is 16.1. The van der Waals surface area contributed by atoms with Crippen LogP contribution in [0.2, 0.25) is 0 Å². The molecule has 2 rings (SSSR count). The molecule has 21 heavy (non-hydrogen) atoms. The molecule has 2 aromatic carbocycles. The first-order valence-electron chi connectivity index (χ1n) is 6.39. The number of carbonyl (C=O) groups is 1. The first-order valence-corrected chi connectivity index (χ1v) is 7.98. The summed E-state index contributed by atoms with van der Waals surface area (Å²) < 4.78 is 7.57. The number of hydrogen-bond donors (Lipinski definition) is 0. The number of ketones is 1. The second kappa shape index (κ2) is 7.69. The molecule has 108 valence electrons. The smallest absolute Gasteiger partial charge is 0.196 e. The maximum atomic E-state index is 12.7. The van der Waals surface area contributed by atoms with Crippen LogP contribution in [0.3, 0.4) is 0 Å². The van der Waals surface area contributed by atoms with Crippen molar-refractivity contribution in [2.75, 3.05) is 6.61 Å². The summed E-state index contributed by atoms with van der Waals surface area (Å²) in [5, 5.41) is 0. The largest absolute Gasteiger partial charge is 0.361 e. The van der Waals surface area contributed by atoms with Crippen molar-refractivity contribution < 1.29 is 9.53 Å². The van der Waals surface area contributed by atoms with Gasteiger partial charge in [0.25, 0.3) is 0 Å². The predicted octanol–water partition coefficient (Wildman–Crippen LogP) is 5.34. The topological polar surface area (TPSA) is 26.3 Å². The molecule has 2 aromatic rings. The summed E-state index contributed by atoms with van der Waals surface area (Å²) in [4.78, 5) is 12.7. The maximum Gasteiger partial charge on any atom is 0.196 e. The fourth-order valence-electron chi connectivity index (χ4n) is 1.89. The Hall–Kier alpha value is -1.23. The van der Waals surface area contributed by atoms with Gasteiger partial charge in [-0.25, -0.2) is 0 Å². The lowest BCUT2D eigenvalue weighted by molar-refractivity contribution is 0.0503. The zero-order valence-electron chi connectivity index (χ0n) is 11.3. The fourth-order valence-corrected chi connectivity index (χ4v) is 2.42. The Balaban J connectivity index is 2.30. The van der Waals surface area contributed by atoms with Crippen LogP contribution in [0.4, 0.5) is 0 Å². The van der Waals surface area contributed by atoms with Gasteiger partial charge in [-0.2, -0.15) is 0 Å². The van der Waals surface area contributed by atoms with Crippen molar-refractivity contribution in [1.29, 1.82) is 0 Å². The van der Waals surface area contributed by atoms with E-state index in [2.05, 4.69) is 38.4 Å². The third-order valence-electron chi connectivity index (χ3n) is 2.92. The van der Waals surface area contributed by atoms with Gasteiger partial charge in [0.15, 0.2) is 5.78 Å². The summed E-state index contributed by atoms with van der Waals surface area (Å²) >= 11 is 6.76. The molecule has 0 aromatic heterocycles. The second-order valence-corrected chi connectivity index (χ2v) is 6.26. The van der Waals surface area contributed by atoms with Crippen LogP contribution < -0.4 is 0 Å². The van der Waals surface area contributed by atoms with Crippen LogP contribution >= 0.6 is 31.9 Å². The minimum absolute atomic E-state index is 0.0633. The van der Waals surface area contributed by atoms with Crippen LogP contribution in [-0.4, -0.2) is 12.4 Å². The van der Waals surface area contributed by atoms with E-state index in [1.54, 1.807) is 18.2 Å². The summed E-state index contributed by atoms with van der Waals surface area (Å²) in [7, 11) is 0. The van der Waals surface area contributed by atoms with Gasteiger partial charge in [-0.15, -0.1) is 6.58 Å². The molecule has 0 saturated carbocycles. The van der Waals surface area contributed by atoms with Crippen LogP contribution in [-0.2, 0) is 4.74 Å². The fraction of sp³-hybridized carbons (Fsp3) is 0.118. The minimum Gasteiger partial charge on any atom is -0.361 e. The standard InChI is InChI=1S/C17H14Br2O2/c1-2-11-21-17(13-5-9-15(19)10-6-13)16(20)12-3-7-14(18)8-4-12/h2-10,17H,1,11H2/t17-/m1/s1. The minimum atomic E-state index is -0.628. The Labute approximate surface area is 141 Å². The highest BCUT2D eigenvalue weighted by Gasteiger charge is 2.22. The van der Waals surface area contributed by atoms with Gasteiger partial charge in [-0.05, 0) is 29.8 Å². The summed E-state index contributed by atoms with van der Waals surface area (Å²) in [6.07, 6.45) is 1.01. The zero-order chi connectivity index (χ0) is 15.2. The molecule has 0 saturated heterocycles. The second-order valence-electron chi connectivity index (χ2n) is 4.42. The number of halogens is 2. The van der Waals surface area contributed by atoms with Crippen LogP contribution in [0.25, 0.3) is 0 Å². The Morgan fingerprint density at radius 1 is 1.05 bits per heavy atom. The normalized spacial score (nSPS) is 11.9. The summed E-state index contributed by atoms with van der Waals surface area (Å²) in [6.45, 7) is 3.96. The van der Waals surface area contributed by atoms with E-state index in [1.165, 1.54) is 0 Å². The van der Waals surface area contributed by atoms with Crippen LogP contribution in [0.5, 0.6) is 0 Å². The molecule has 0 fully saturated rings. The van der Waals surface area contributed by atoms with Gasteiger partial charge < -0.3 is 4.74 Å². The molecule has 0 unspecified atom stereocenters. The van der Waals surface area contributed by atoms with E-state index >= 15 is 0 Å². The number of ether oxygens (including phenoxy) is 1. The highest BCUT2D eigenvalue weighted by atomic mass is 79.9. The first-order chi connectivity index (χ1) is 10.1. The van der Waals surface area contributed by atoms with E-state index in [9.17, 15) is 4.79 Å². The van der Waals surface area contributed by atoms with E-state index in [4.69, 9.17) is 4.74 Å². The molecule has 0 aliphatic heterocycles. The maximum absolute atomic E-state index is 12.7. The number of hydrogen-bond acceptors (Lipinski definition) is 2. The van der Waals surface area contributed by atoms with Gasteiger partial charge in [0.2, 0.25) is 0 Å². The van der Waals surface area contributed by atoms with Gasteiger partial charge >= 0.3 is 0 Å². The van der Waals surface area contributed by atoms with Crippen molar-refractivity contribution >= 4 is 37.6 Å². The summed E-state index contributed by atoms with van der Waals surface area (Å²) in [5.41, 5.74) is 1.45. The van der Waals surface area contributed by atoms with Gasteiger partial charge in [-0.1, -0.05) is 62.2 Å². The lowest BCUT2D eigenvalue weighted by Gasteiger charge is -2.16. The Morgan fingerprint density at radius 2 is 1.57 bits per heavy atom. The van der Waals surface area contributed by atoms with E-state index in [-0.39, 0.29) is 5.78 Å². The van der Waals surface area contributed by atoms with Crippen molar-refractivity contribution in [3.05, 3.63) is 81.3 Å². The van der Waals surface area contributed by atoms with Crippen LogP contribution in [0, 0.1) is 0 Å². The highest BCUT2D eigenvalue weighted by molar-refractivity contribution is 9.10. The molecule has 0 bridgehead atoms. The SMILES string of the molecule is C=CCO[C@@H](C(=O)c1ccc(Br)cc1)c1ccc(Br)cc1. The van der Waals surface area contributed by atoms with Gasteiger partial charge in [0.05, 0.1) is 6.61 Å². The average molecular weight is 410 g/mol.